The molecule has 0 saturated heterocycles. The van der Waals surface area contributed by atoms with E-state index < -0.39 is 11.9 Å². The largest absolute Gasteiger partial charge is 0.457 e. The van der Waals surface area contributed by atoms with E-state index in [0.29, 0.717) is 5.69 Å². The highest BCUT2D eigenvalue weighted by Crippen LogP contribution is 2.26. The number of ether oxygens (including phenoxy) is 1. The van der Waals surface area contributed by atoms with Gasteiger partial charge in [-0.3, -0.25) is 4.79 Å². The van der Waals surface area contributed by atoms with E-state index >= 15 is 0 Å². The molecule has 0 unspecified atom stereocenters. The van der Waals surface area contributed by atoms with Gasteiger partial charge in [-0.25, -0.2) is 4.79 Å². The Morgan fingerprint density at radius 1 is 1.25 bits per heavy atom. The molecule has 1 aromatic carbocycles. The van der Waals surface area contributed by atoms with E-state index in [9.17, 15) is 9.59 Å². The lowest BCUT2D eigenvalue weighted by Gasteiger charge is -2.07. The lowest BCUT2D eigenvalue weighted by molar-refractivity contribution is -0.119. The quantitative estimate of drug-likeness (QED) is 0.793. The summed E-state index contributed by atoms with van der Waals surface area (Å²) in [5, 5.41) is 2.62. The summed E-state index contributed by atoms with van der Waals surface area (Å²) in [5.41, 5.74) is 0.590. The van der Waals surface area contributed by atoms with Crippen molar-refractivity contribution in [1.82, 2.24) is 0 Å². The molecule has 1 aromatic heterocycles. The number of rotatable bonds is 4. The van der Waals surface area contributed by atoms with Gasteiger partial charge in [-0.2, -0.15) is 0 Å². The van der Waals surface area contributed by atoms with Gasteiger partial charge in [-0.15, -0.1) is 0 Å². The molecule has 0 saturated carbocycles. The van der Waals surface area contributed by atoms with Crippen LogP contribution in [0.1, 0.15) is 10.6 Å². The van der Waals surface area contributed by atoms with Crippen LogP contribution >= 0.6 is 31.9 Å². The molecular weight excluding hydrogens is 394 g/mol. The third-order valence-electron chi connectivity index (χ3n) is 2.26. The predicted molar refractivity (Wildman–Crippen MR) is 79.5 cm³/mol. The molecule has 0 aliphatic heterocycles. The Kier molecular flexibility index (Phi) is 4.97. The Hall–Kier alpha value is -1.60. The molecular formula is C13H9Br2NO4. The number of carbonyl (C=O) groups excluding carboxylic acids is 2. The molecule has 1 N–H and O–H groups in total. The summed E-state index contributed by atoms with van der Waals surface area (Å²) < 4.78 is 11.3. The Morgan fingerprint density at radius 3 is 2.70 bits per heavy atom. The monoisotopic (exact) mass is 401 g/mol. The molecule has 0 atom stereocenters. The Balaban J connectivity index is 1.88. The summed E-state index contributed by atoms with van der Waals surface area (Å²) in [6.45, 7) is -0.387. The molecule has 104 valence electrons. The van der Waals surface area contributed by atoms with Crippen LogP contribution < -0.4 is 5.32 Å². The van der Waals surface area contributed by atoms with E-state index in [0.717, 1.165) is 8.95 Å². The number of esters is 1. The lowest BCUT2D eigenvalue weighted by Crippen LogP contribution is -2.20. The Labute approximate surface area is 131 Å². The van der Waals surface area contributed by atoms with Gasteiger partial charge in [0.25, 0.3) is 5.91 Å². The van der Waals surface area contributed by atoms with E-state index in [4.69, 9.17) is 9.15 Å². The first-order valence-corrected chi connectivity index (χ1v) is 7.10. The predicted octanol–water partition coefficient (Wildman–Crippen LogP) is 3.60. The topological polar surface area (TPSA) is 68.5 Å². The summed E-state index contributed by atoms with van der Waals surface area (Å²) >= 11 is 6.63. The fourth-order valence-corrected chi connectivity index (χ4v) is 2.52. The standard InChI is InChI=1S/C13H9Br2NO4/c14-8-3-4-10(9(15)6-8)16-12(17)7-20-13(18)11-2-1-5-19-11/h1-6H,7H2,(H,16,17). The van der Waals surface area contributed by atoms with Gasteiger partial charge in [0, 0.05) is 8.95 Å². The molecule has 2 aromatic rings. The zero-order chi connectivity index (χ0) is 14.5. The molecule has 0 radical (unpaired) electrons. The molecule has 0 spiro atoms. The summed E-state index contributed by atoms with van der Waals surface area (Å²) in [4.78, 5) is 23.1. The number of benzene rings is 1. The van der Waals surface area contributed by atoms with Crippen LogP contribution in [-0.2, 0) is 9.53 Å². The average Bonchev–Trinajstić information content (AvgIpc) is 2.93. The van der Waals surface area contributed by atoms with Crippen LogP contribution in [-0.4, -0.2) is 18.5 Å². The van der Waals surface area contributed by atoms with Crippen LogP contribution in [0.4, 0.5) is 5.69 Å². The highest BCUT2D eigenvalue weighted by molar-refractivity contribution is 9.11. The van der Waals surface area contributed by atoms with E-state index in [2.05, 4.69) is 37.2 Å². The number of anilines is 1. The molecule has 0 fully saturated rings. The number of hydrogen-bond acceptors (Lipinski definition) is 4. The van der Waals surface area contributed by atoms with E-state index in [1.807, 2.05) is 0 Å². The highest BCUT2D eigenvalue weighted by Gasteiger charge is 2.13. The first-order valence-electron chi connectivity index (χ1n) is 5.52. The van der Waals surface area contributed by atoms with Gasteiger partial charge in [0.1, 0.15) is 0 Å². The van der Waals surface area contributed by atoms with Crippen molar-refractivity contribution >= 4 is 49.4 Å². The number of amides is 1. The first-order chi connectivity index (χ1) is 9.56. The van der Waals surface area contributed by atoms with Crippen LogP contribution in [0.15, 0.2) is 50.0 Å². The van der Waals surface area contributed by atoms with Gasteiger partial charge < -0.3 is 14.5 Å². The van der Waals surface area contributed by atoms with Gasteiger partial charge in [0.05, 0.1) is 12.0 Å². The average molecular weight is 403 g/mol. The fourth-order valence-electron chi connectivity index (χ4n) is 1.37. The Morgan fingerprint density at radius 2 is 2.05 bits per heavy atom. The second kappa shape index (κ2) is 6.71. The molecule has 1 heterocycles. The molecule has 0 aliphatic rings. The van der Waals surface area contributed by atoms with E-state index in [-0.39, 0.29) is 12.4 Å². The number of halogens is 2. The first kappa shape index (κ1) is 14.8. The van der Waals surface area contributed by atoms with Crippen molar-refractivity contribution in [3.8, 4) is 0 Å². The third-order valence-corrected chi connectivity index (χ3v) is 3.41. The van der Waals surface area contributed by atoms with Crippen molar-refractivity contribution in [2.75, 3.05) is 11.9 Å². The highest BCUT2D eigenvalue weighted by atomic mass is 79.9. The number of furan rings is 1. The van der Waals surface area contributed by atoms with Crippen LogP contribution in [0, 0.1) is 0 Å². The minimum Gasteiger partial charge on any atom is -0.457 e. The normalized spacial score (nSPS) is 10.1. The molecule has 5 nitrogen and oxygen atoms in total. The second-order valence-corrected chi connectivity index (χ2v) is 5.50. The van der Waals surface area contributed by atoms with Gasteiger partial charge in [0.2, 0.25) is 5.76 Å². The van der Waals surface area contributed by atoms with Crippen molar-refractivity contribution in [2.45, 2.75) is 0 Å². The number of carbonyl (C=O) groups is 2. The molecule has 20 heavy (non-hydrogen) atoms. The lowest BCUT2D eigenvalue weighted by atomic mass is 10.3. The summed E-state index contributed by atoms with van der Waals surface area (Å²) in [6.07, 6.45) is 1.36. The van der Waals surface area contributed by atoms with Gasteiger partial charge in [-0.1, -0.05) is 15.9 Å². The smallest absolute Gasteiger partial charge is 0.374 e. The second-order valence-electron chi connectivity index (χ2n) is 3.73. The molecule has 0 aliphatic carbocycles. The minimum atomic E-state index is -0.681. The maximum Gasteiger partial charge on any atom is 0.374 e. The van der Waals surface area contributed by atoms with Gasteiger partial charge in [0.15, 0.2) is 6.61 Å². The molecule has 0 bridgehead atoms. The van der Waals surface area contributed by atoms with Crippen LogP contribution in [0.5, 0.6) is 0 Å². The van der Waals surface area contributed by atoms with Crippen LogP contribution in [0.2, 0.25) is 0 Å². The van der Waals surface area contributed by atoms with Gasteiger partial charge in [-0.05, 0) is 46.3 Å². The van der Waals surface area contributed by atoms with Crippen molar-refractivity contribution in [2.24, 2.45) is 0 Å². The maximum absolute atomic E-state index is 11.7. The maximum atomic E-state index is 11.7. The molecule has 2 rings (SSSR count). The van der Waals surface area contributed by atoms with Gasteiger partial charge >= 0.3 is 5.97 Å². The minimum absolute atomic E-state index is 0.0580. The summed E-state index contributed by atoms with van der Waals surface area (Å²) in [5.74, 6) is -1.06. The number of nitrogens with one attached hydrogen (secondary N) is 1. The zero-order valence-corrected chi connectivity index (χ0v) is 13.2. The summed E-state index contributed by atoms with van der Waals surface area (Å²) in [7, 11) is 0. The van der Waals surface area contributed by atoms with Crippen molar-refractivity contribution in [3.05, 3.63) is 51.3 Å². The van der Waals surface area contributed by atoms with Crippen LogP contribution in [0.25, 0.3) is 0 Å². The number of hydrogen-bond donors (Lipinski definition) is 1. The molecule has 1 amide bonds. The van der Waals surface area contributed by atoms with Crippen molar-refractivity contribution in [3.63, 3.8) is 0 Å². The third kappa shape index (κ3) is 3.94. The SMILES string of the molecule is O=C(COC(=O)c1ccco1)Nc1ccc(Br)cc1Br. The van der Waals surface area contributed by atoms with Crippen molar-refractivity contribution in [1.29, 1.82) is 0 Å². The van der Waals surface area contributed by atoms with Crippen LogP contribution in [0.3, 0.4) is 0 Å². The van der Waals surface area contributed by atoms with E-state index in [1.165, 1.54) is 12.3 Å². The zero-order valence-electron chi connectivity index (χ0n) is 10.1. The molecule has 7 heteroatoms. The summed E-state index contributed by atoms with van der Waals surface area (Å²) in [6, 6.07) is 8.33. The van der Waals surface area contributed by atoms with E-state index in [1.54, 1.807) is 24.3 Å². The Bertz CT molecular complexity index is 625. The van der Waals surface area contributed by atoms with Crippen molar-refractivity contribution < 1.29 is 18.7 Å². The fraction of sp³-hybridized carbons (Fsp3) is 0.0769.